The molecule has 0 radical (unpaired) electrons. The number of hydrogen-bond donors (Lipinski definition) is 0. The molecular formula is C20H20N2O2. The van der Waals surface area contributed by atoms with E-state index in [4.69, 9.17) is 9.47 Å². The molecule has 0 N–H and O–H groups in total. The molecule has 0 aliphatic carbocycles. The van der Waals surface area contributed by atoms with Gasteiger partial charge in [0, 0.05) is 30.6 Å². The number of pyridine rings is 2. The first-order valence-electron chi connectivity index (χ1n) is 8.05. The maximum atomic E-state index is 5.78. The van der Waals surface area contributed by atoms with E-state index in [0.717, 1.165) is 22.4 Å². The first-order valence-corrected chi connectivity index (χ1v) is 8.05. The Balaban J connectivity index is 1.93. The second kappa shape index (κ2) is 8.22. The van der Waals surface area contributed by atoms with Gasteiger partial charge >= 0.3 is 0 Å². The van der Waals surface area contributed by atoms with Gasteiger partial charge in [0.25, 0.3) is 0 Å². The quantitative estimate of drug-likeness (QED) is 0.611. The first kappa shape index (κ1) is 16.1. The molecule has 3 rings (SSSR count). The van der Waals surface area contributed by atoms with E-state index >= 15 is 0 Å². The van der Waals surface area contributed by atoms with Crippen LogP contribution in [0.3, 0.4) is 0 Å². The van der Waals surface area contributed by atoms with Crippen LogP contribution < -0.4 is 4.74 Å². The minimum atomic E-state index is 0.481. The molecule has 0 bridgehead atoms. The Morgan fingerprint density at radius 3 is 2.38 bits per heavy atom. The zero-order chi connectivity index (χ0) is 16.6. The summed E-state index contributed by atoms with van der Waals surface area (Å²) in [7, 11) is 0. The number of nitrogens with zero attached hydrogens (tertiary/aromatic N) is 2. The van der Waals surface area contributed by atoms with E-state index in [-0.39, 0.29) is 0 Å². The maximum Gasteiger partial charge on any atom is 0.214 e. The fourth-order valence-corrected chi connectivity index (χ4v) is 2.40. The highest BCUT2D eigenvalue weighted by Gasteiger charge is 2.08. The van der Waals surface area contributed by atoms with Gasteiger partial charge in [-0.2, -0.15) is 0 Å². The van der Waals surface area contributed by atoms with Crippen LogP contribution in [0.5, 0.6) is 5.88 Å². The normalized spacial score (nSPS) is 10.5. The monoisotopic (exact) mass is 320 g/mol. The van der Waals surface area contributed by atoms with Gasteiger partial charge in [-0.3, -0.25) is 4.98 Å². The third kappa shape index (κ3) is 4.18. The summed E-state index contributed by atoms with van der Waals surface area (Å²) in [5.74, 6) is 0.600. The summed E-state index contributed by atoms with van der Waals surface area (Å²) in [4.78, 5) is 8.71. The van der Waals surface area contributed by atoms with E-state index in [1.54, 1.807) is 12.4 Å². The van der Waals surface area contributed by atoms with Crippen molar-refractivity contribution in [1.82, 2.24) is 9.97 Å². The molecule has 2 aromatic heterocycles. The number of ether oxygens (including phenoxy) is 2. The summed E-state index contributed by atoms with van der Waals surface area (Å²) < 4.78 is 11.1. The fraction of sp³-hybridized carbons (Fsp3) is 0.200. The Morgan fingerprint density at radius 1 is 0.833 bits per heavy atom. The van der Waals surface area contributed by atoms with Gasteiger partial charge in [-0.25, -0.2) is 4.98 Å². The minimum absolute atomic E-state index is 0.481. The molecule has 2 heterocycles. The molecule has 1 aromatic carbocycles. The molecule has 0 unspecified atom stereocenters. The van der Waals surface area contributed by atoms with E-state index < -0.39 is 0 Å². The molecular weight excluding hydrogens is 300 g/mol. The number of benzene rings is 1. The summed E-state index contributed by atoms with van der Waals surface area (Å²) in [5, 5.41) is 0. The van der Waals surface area contributed by atoms with E-state index in [1.165, 1.54) is 0 Å². The minimum Gasteiger partial charge on any atom is -0.475 e. The third-order valence-corrected chi connectivity index (χ3v) is 3.57. The van der Waals surface area contributed by atoms with Gasteiger partial charge in [0.2, 0.25) is 5.88 Å². The van der Waals surface area contributed by atoms with Crippen LogP contribution in [0, 0.1) is 0 Å². The standard InChI is InChI=1S/C20H20N2O2/c1-2-23-12-13-24-20-15-18(16-8-10-21-11-9-16)14-19(22-20)17-6-4-3-5-7-17/h3-11,14-15H,2,12-13H2,1H3. The molecule has 4 heteroatoms. The Hall–Kier alpha value is -2.72. The molecule has 0 spiro atoms. The SMILES string of the molecule is CCOCCOc1cc(-c2ccncc2)cc(-c2ccccc2)n1. The topological polar surface area (TPSA) is 44.2 Å². The van der Waals surface area contributed by atoms with Gasteiger partial charge in [0.1, 0.15) is 6.61 Å². The van der Waals surface area contributed by atoms with Crippen LogP contribution in [0.15, 0.2) is 67.0 Å². The highest BCUT2D eigenvalue weighted by Crippen LogP contribution is 2.28. The lowest BCUT2D eigenvalue weighted by Crippen LogP contribution is -2.07. The Labute approximate surface area is 142 Å². The van der Waals surface area contributed by atoms with E-state index in [1.807, 2.05) is 55.5 Å². The lowest BCUT2D eigenvalue weighted by atomic mass is 10.0. The van der Waals surface area contributed by atoms with Crippen LogP contribution in [0.25, 0.3) is 22.4 Å². The van der Waals surface area contributed by atoms with Crippen molar-refractivity contribution in [2.75, 3.05) is 19.8 Å². The van der Waals surface area contributed by atoms with Gasteiger partial charge in [0.05, 0.1) is 12.3 Å². The molecule has 24 heavy (non-hydrogen) atoms. The zero-order valence-electron chi connectivity index (χ0n) is 13.7. The molecule has 0 aliphatic heterocycles. The smallest absolute Gasteiger partial charge is 0.214 e. The maximum absolute atomic E-state index is 5.78. The Morgan fingerprint density at radius 2 is 1.62 bits per heavy atom. The van der Waals surface area contributed by atoms with Crippen molar-refractivity contribution in [2.24, 2.45) is 0 Å². The molecule has 3 aromatic rings. The average Bonchev–Trinajstić information content (AvgIpc) is 2.66. The summed E-state index contributed by atoms with van der Waals surface area (Å²) in [6.45, 7) is 3.69. The summed E-state index contributed by atoms with van der Waals surface area (Å²) in [6.07, 6.45) is 3.57. The van der Waals surface area contributed by atoms with E-state index in [2.05, 4.69) is 16.0 Å². The molecule has 0 fully saturated rings. The van der Waals surface area contributed by atoms with Crippen molar-refractivity contribution in [1.29, 1.82) is 0 Å². The second-order valence-electron chi connectivity index (χ2n) is 5.23. The highest BCUT2D eigenvalue weighted by atomic mass is 16.5. The van der Waals surface area contributed by atoms with Crippen LogP contribution in [-0.4, -0.2) is 29.8 Å². The van der Waals surface area contributed by atoms with Crippen LogP contribution in [0.1, 0.15) is 6.92 Å². The van der Waals surface area contributed by atoms with Gasteiger partial charge < -0.3 is 9.47 Å². The van der Waals surface area contributed by atoms with Crippen molar-refractivity contribution >= 4 is 0 Å². The highest BCUT2D eigenvalue weighted by molar-refractivity contribution is 5.71. The van der Waals surface area contributed by atoms with E-state index in [9.17, 15) is 0 Å². The van der Waals surface area contributed by atoms with Gasteiger partial charge in [-0.1, -0.05) is 30.3 Å². The predicted octanol–water partition coefficient (Wildman–Crippen LogP) is 4.23. The lowest BCUT2D eigenvalue weighted by molar-refractivity contribution is 0.108. The summed E-state index contributed by atoms with van der Waals surface area (Å²) >= 11 is 0. The van der Waals surface area contributed by atoms with Crippen LogP contribution in [-0.2, 0) is 4.74 Å². The van der Waals surface area contributed by atoms with Crippen molar-refractivity contribution < 1.29 is 9.47 Å². The van der Waals surface area contributed by atoms with E-state index in [0.29, 0.717) is 25.7 Å². The van der Waals surface area contributed by atoms with Gasteiger partial charge in [-0.05, 0) is 36.2 Å². The lowest BCUT2D eigenvalue weighted by Gasteiger charge is -2.11. The van der Waals surface area contributed by atoms with Crippen LogP contribution >= 0.6 is 0 Å². The summed E-state index contributed by atoms with van der Waals surface area (Å²) in [6, 6.07) is 18.1. The largest absolute Gasteiger partial charge is 0.475 e. The van der Waals surface area contributed by atoms with Crippen molar-refractivity contribution in [3.05, 3.63) is 67.0 Å². The second-order valence-corrected chi connectivity index (χ2v) is 5.23. The molecule has 4 nitrogen and oxygen atoms in total. The van der Waals surface area contributed by atoms with Gasteiger partial charge in [-0.15, -0.1) is 0 Å². The van der Waals surface area contributed by atoms with Crippen LogP contribution in [0.4, 0.5) is 0 Å². The molecule has 122 valence electrons. The number of rotatable bonds is 7. The van der Waals surface area contributed by atoms with Gasteiger partial charge in [0.15, 0.2) is 0 Å². The molecule has 0 atom stereocenters. The van der Waals surface area contributed by atoms with Crippen molar-refractivity contribution in [2.45, 2.75) is 6.92 Å². The Bertz CT molecular complexity index is 703. The molecule has 0 aliphatic rings. The Kier molecular flexibility index (Phi) is 5.53. The molecule has 0 amide bonds. The zero-order valence-corrected chi connectivity index (χ0v) is 13.7. The summed E-state index contributed by atoms with van der Waals surface area (Å²) in [5.41, 5.74) is 4.08. The number of hydrogen-bond acceptors (Lipinski definition) is 4. The molecule has 0 saturated carbocycles. The third-order valence-electron chi connectivity index (χ3n) is 3.57. The molecule has 0 saturated heterocycles. The number of aromatic nitrogens is 2. The average molecular weight is 320 g/mol. The first-order chi connectivity index (χ1) is 11.9. The fourth-order valence-electron chi connectivity index (χ4n) is 2.40. The van der Waals surface area contributed by atoms with Crippen molar-refractivity contribution in [3.8, 4) is 28.3 Å². The predicted molar refractivity (Wildman–Crippen MR) is 94.9 cm³/mol. The van der Waals surface area contributed by atoms with Crippen molar-refractivity contribution in [3.63, 3.8) is 0 Å². The van der Waals surface area contributed by atoms with Crippen LogP contribution in [0.2, 0.25) is 0 Å².